The van der Waals surface area contributed by atoms with Crippen molar-refractivity contribution in [2.45, 2.75) is 118 Å². The van der Waals surface area contributed by atoms with Crippen molar-refractivity contribution < 1.29 is 19.1 Å². The Morgan fingerprint density at radius 2 is 1.19 bits per heavy atom. The molecular formula is C48H62Cl2N12O4Si2. The van der Waals surface area contributed by atoms with Crippen LogP contribution >= 0.6 is 23.2 Å². The Morgan fingerprint density at radius 1 is 0.706 bits per heavy atom. The molecule has 0 saturated carbocycles. The van der Waals surface area contributed by atoms with Gasteiger partial charge in [-0.05, 0) is 83.1 Å². The van der Waals surface area contributed by atoms with E-state index in [1.54, 1.807) is 24.8 Å². The maximum atomic E-state index is 13.0. The van der Waals surface area contributed by atoms with Gasteiger partial charge in [0.1, 0.15) is 47.3 Å². The third-order valence-corrected chi connectivity index (χ3v) is 14.8. The summed E-state index contributed by atoms with van der Waals surface area (Å²) in [6.45, 7) is 26.3. The highest BCUT2D eigenvalue weighted by Crippen LogP contribution is 2.32. The average molecular weight is 998 g/mol. The number of fused-ring (bicyclic) bond motifs is 4. The van der Waals surface area contributed by atoms with Crippen LogP contribution in [-0.2, 0) is 29.5 Å². The number of carbonyl (C=O) groups is 2. The number of hydrogen-bond acceptors (Lipinski definition) is 10. The van der Waals surface area contributed by atoms with E-state index in [1.807, 2.05) is 84.8 Å². The molecule has 8 aromatic rings. The quantitative estimate of drug-likeness (QED) is 0.0586. The summed E-state index contributed by atoms with van der Waals surface area (Å²) in [5.41, 5.74) is 7.49. The van der Waals surface area contributed by atoms with Crippen LogP contribution in [0.25, 0.3) is 66.9 Å². The number of carbonyl (C=O) groups excluding carboxylic acids is 2. The normalized spacial score (nSPS) is 12.2. The Labute approximate surface area is 408 Å². The molecule has 0 saturated heterocycles. The Balaban J connectivity index is 0.000000202. The molecule has 0 aliphatic rings. The van der Waals surface area contributed by atoms with Crippen LogP contribution in [0.3, 0.4) is 0 Å². The second-order valence-electron chi connectivity index (χ2n) is 19.9. The predicted molar refractivity (Wildman–Crippen MR) is 278 cm³/mol. The largest absolute Gasteiger partial charge is 0.361 e. The maximum absolute atomic E-state index is 13.0. The van der Waals surface area contributed by atoms with E-state index in [0.717, 1.165) is 33.9 Å². The molecular weight excluding hydrogens is 936 g/mol. The fourth-order valence-corrected chi connectivity index (χ4v) is 9.24. The first-order valence-corrected chi connectivity index (χ1v) is 31.2. The number of aryl methyl sites for hydroxylation is 1. The summed E-state index contributed by atoms with van der Waals surface area (Å²) in [5.74, 6) is -0.381. The maximum Gasteiger partial charge on any atom is 0.255 e. The zero-order chi connectivity index (χ0) is 49.1. The molecule has 0 radical (unpaired) electrons. The van der Waals surface area contributed by atoms with Gasteiger partial charge in [-0.25, -0.2) is 19.9 Å². The summed E-state index contributed by atoms with van der Waals surface area (Å²) < 4.78 is 17.5. The fourth-order valence-electron chi connectivity index (χ4n) is 7.39. The van der Waals surface area contributed by atoms with Gasteiger partial charge in [-0.2, -0.15) is 10.2 Å². The molecule has 6 aromatic heterocycles. The summed E-state index contributed by atoms with van der Waals surface area (Å²) >= 11 is 12.3. The lowest BCUT2D eigenvalue weighted by molar-refractivity contribution is 0.0886. The van der Waals surface area contributed by atoms with Gasteiger partial charge in [-0.1, -0.05) is 62.5 Å². The minimum Gasteiger partial charge on any atom is -0.361 e. The summed E-state index contributed by atoms with van der Waals surface area (Å²) in [7, 11) is -2.39. The lowest BCUT2D eigenvalue weighted by Crippen LogP contribution is -2.30. The van der Waals surface area contributed by atoms with E-state index >= 15 is 0 Å². The number of hydrogen-bond donors (Lipinski definition) is 3. The van der Waals surface area contributed by atoms with Gasteiger partial charge in [-0.15, -0.1) is 0 Å². The van der Waals surface area contributed by atoms with Crippen LogP contribution in [-0.4, -0.2) is 102 Å². The first-order valence-electron chi connectivity index (χ1n) is 23.0. The molecule has 2 aromatic carbocycles. The summed E-state index contributed by atoms with van der Waals surface area (Å²) in [6.07, 6.45) is 6.93. The smallest absolute Gasteiger partial charge is 0.255 e. The topological polar surface area (TPSA) is 185 Å². The third-order valence-electron chi connectivity index (χ3n) is 10.9. The second kappa shape index (κ2) is 21.0. The van der Waals surface area contributed by atoms with Crippen LogP contribution in [0.15, 0.2) is 61.2 Å². The molecule has 0 atom stereocenters. The van der Waals surface area contributed by atoms with Crippen LogP contribution in [0.5, 0.6) is 0 Å². The van der Waals surface area contributed by atoms with E-state index < -0.39 is 16.1 Å². The molecule has 0 fully saturated rings. The molecule has 3 N–H and O–H groups in total. The highest BCUT2D eigenvalue weighted by molar-refractivity contribution is 6.76. The van der Waals surface area contributed by atoms with Crippen molar-refractivity contribution in [1.82, 2.24) is 59.7 Å². The van der Waals surface area contributed by atoms with Crippen LogP contribution in [0.2, 0.25) is 61.4 Å². The Hall–Kier alpha value is -5.51. The first kappa shape index (κ1) is 50.4. The van der Waals surface area contributed by atoms with E-state index in [4.69, 9.17) is 52.7 Å². The zero-order valence-corrected chi connectivity index (χ0v) is 44.3. The van der Waals surface area contributed by atoms with Gasteiger partial charge in [0.25, 0.3) is 11.8 Å². The molecule has 6 heterocycles. The number of benzene rings is 2. The van der Waals surface area contributed by atoms with E-state index in [-0.39, 0.29) is 23.9 Å². The lowest BCUT2D eigenvalue weighted by atomic mass is 10.1. The minimum absolute atomic E-state index is 0.0000636. The number of nitrogens with zero attached hydrogens (tertiary/aromatic N) is 9. The molecule has 0 aliphatic carbocycles. The van der Waals surface area contributed by atoms with Gasteiger partial charge in [0.2, 0.25) is 0 Å². The standard InChI is InChI=1S/C25H33ClN6O2Si.C23H29ClN6O2Si/c1-7-32-21-12-17(26)8-9-18(21)22(30-32)20-13-27-24-23(29-20)19(25(33)28-16(2)3)14-31(24)15-34-10-11-35(4,5)6;1-14(2)26-23(31)17-12-30(13-32-8-9-33(3,4)5)22-21(17)27-19(11-25-22)20-16-7-6-15(24)10-18(16)28-29-20/h8-9,12-14,16H,7,10-11,15H2,1-6H3,(H,28,33);6-7,10-12,14H,8-9,13H2,1-5H3,(H,26,31)(H,28,29). The monoisotopic (exact) mass is 996 g/mol. The van der Waals surface area contributed by atoms with Crippen molar-refractivity contribution in [1.29, 1.82) is 0 Å². The van der Waals surface area contributed by atoms with Gasteiger partial charge in [0, 0.05) is 81.2 Å². The molecule has 0 spiro atoms. The highest BCUT2D eigenvalue weighted by Gasteiger charge is 2.24. The Kier molecular flexibility index (Phi) is 15.6. The summed E-state index contributed by atoms with van der Waals surface area (Å²) in [4.78, 5) is 45.0. The minimum atomic E-state index is -1.20. The average Bonchev–Trinajstić information content (AvgIpc) is 4.04. The van der Waals surface area contributed by atoms with Gasteiger partial charge < -0.3 is 29.2 Å². The Bertz CT molecular complexity index is 3090. The number of nitrogens with one attached hydrogen (secondary N) is 3. The SMILES string of the molecule is CC(C)NC(=O)c1cn(COCC[Si](C)(C)C)c2ncc(-c3n[nH]c4cc(Cl)ccc34)nc12.CCn1nc(-c2cnc3c(n2)c(C(=O)NC(C)C)cn3COCC[Si](C)(C)C)c2ccc(Cl)cc21. The van der Waals surface area contributed by atoms with Gasteiger partial charge in [-0.3, -0.25) is 19.4 Å². The number of rotatable bonds is 17. The number of halogens is 2. The molecule has 0 bridgehead atoms. The molecule has 0 unspecified atom stereocenters. The summed E-state index contributed by atoms with van der Waals surface area (Å²) in [5, 5.41) is 21.2. The zero-order valence-electron chi connectivity index (χ0n) is 40.8. The van der Waals surface area contributed by atoms with Crippen LogP contribution in [0.1, 0.15) is 55.3 Å². The second-order valence-corrected chi connectivity index (χ2v) is 32.0. The number of ether oxygens (including phenoxy) is 2. The Morgan fingerprint density at radius 3 is 1.68 bits per heavy atom. The van der Waals surface area contributed by atoms with Crippen molar-refractivity contribution in [2.75, 3.05) is 13.2 Å². The molecule has 20 heteroatoms. The fraction of sp³-hybridized carbons (Fsp3) is 0.417. The lowest BCUT2D eigenvalue weighted by Gasteiger charge is -2.15. The van der Waals surface area contributed by atoms with Gasteiger partial charge in [0.15, 0.2) is 11.3 Å². The summed E-state index contributed by atoms with van der Waals surface area (Å²) in [6, 6.07) is 13.3. The molecule has 68 heavy (non-hydrogen) atoms. The predicted octanol–water partition coefficient (Wildman–Crippen LogP) is 10.7. The van der Waals surface area contributed by atoms with Gasteiger partial charge in [0.05, 0.1) is 34.6 Å². The van der Waals surface area contributed by atoms with Crippen molar-refractivity contribution in [3.63, 3.8) is 0 Å². The van der Waals surface area contributed by atoms with Crippen LogP contribution < -0.4 is 10.6 Å². The number of H-pyrrole nitrogens is 1. The molecule has 2 amide bonds. The number of aromatic amines is 1. The van der Waals surface area contributed by atoms with E-state index in [0.29, 0.717) is 99.5 Å². The first-order chi connectivity index (χ1) is 32.2. The van der Waals surface area contributed by atoms with Crippen molar-refractivity contribution >= 4 is 95.3 Å². The highest BCUT2D eigenvalue weighted by atomic mass is 35.5. The van der Waals surface area contributed by atoms with Crippen molar-refractivity contribution in [2.24, 2.45) is 0 Å². The molecule has 8 rings (SSSR count). The van der Waals surface area contributed by atoms with Crippen LogP contribution in [0, 0.1) is 0 Å². The third kappa shape index (κ3) is 12.0. The van der Waals surface area contributed by atoms with E-state index in [9.17, 15) is 9.59 Å². The van der Waals surface area contributed by atoms with Crippen LogP contribution in [0.4, 0.5) is 0 Å². The van der Waals surface area contributed by atoms with E-state index in [2.05, 4.69) is 65.1 Å². The van der Waals surface area contributed by atoms with Crippen molar-refractivity contribution in [3.05, 3.63) is 82.4 Å². The van der Waals surface area contributed by atoms with Gasteiger partial charge >= 0.3 is 0 Å². The van der Waals surface area contributed by atoms with Crippen molar-refractivity contribution in [3.8, 4) is 22.8 Å². The molecule has 360 valence electrons. The van der Waals surface area contributed by atoms with E-state index in [1.165, 1.54) is 0 Å². The molecule has 16 nitrogen and oxygen atoms in total. The number of amides is 2. The number of aromatic nitrogens is 10. The molecule has 0 aliphatic heterocycles.